The molecule has 3 amide bonds. The van der Waals surface area contributed by atoms with Crippen LogP contribution in [0, 0.1) is 6.92 Å². The first-order chi connectivity index (χ1) is 14.0. The lowest BCUT2D eigenvalue weighted by molar-refractivity contribution is 0.0923. The molecule has 0 saturated carbocycles. The number of benzene rings is 2. The molecule has 2 aliphatic heterocycles. The van der Waals surface area contributed by atoms with Crippen molar-refractivity contribution < 1.29 is 14.4 Å². The third kappa shape index (κ3) is 3.93. The number of imide groups is 1. The molecule has 150 valence electrons. The predicted octanol–water partition coefficient (Wildman–Crippen LogP) is 3.01. The summed E-state index contributed by atoms with van der Waals surface area (Å²) in [6.45, 7) is 5.78. The van der Waals surface area contributed by atoms with Crippen LogP contribution in [0.15, 0.2) is 42.5 Å². The molecule has 1 fully saturated rings. The maximum Gasteiger partial charge on any atom is 0.266 e. The molecule has 6 heteroatoms. The first-order valence-electron chi connectivity index (χ1n) is 10.1. The van der Waals surface area contributed by atoms with Crippen LogP contribution in [0.5, 0.6) is 0 Å². The molecule has 1 saturated heterocycles. The highest BCUT2D eigenvalue weighted by molar-refractivity contribution is 6.34. The van der Waals surface area contributed by atoms with Gasteiger partial charge in [-0.1, -0.05) is 12.1 Å². The third-order valence-corrected chi connectivity index (χ3v) is 5.54. The number of carbonyl (C=O) groups is 3. The van der Waals surface area contributed by atoms with E-state index in [1.165, 1.54) is 23.8 Å². The largest absolute Gasteiger partial charge is 0.352 e. The summed E-state index contributed by atoms with van der Waals surface area (Å²) >= 11 is 0. The Balaban J connectivity index is 1.43. The first kappa shape index (κ1) is 19.3. The minimum atomic E-state index is -0.390. The molecule has 0 aromatic heterocycles. The summed E-state index contributed by atoms with van der Waals surface area (Å²) in [5.74, 6) is -0.962. The smallest absolute Gasteiger partial charge is 0.266 e. The summed E-state index contributed by atoms with van der Waals surface area (Å²) in [4.78, 5) is 41.7. The average Bonchev–Trinajstić information content (AvgIpc) is 3.32. The van der Waals surface area contributed by atoms with Crippen molar-refractivity contribution in [3.8, 4) is 0 Å². The highest BCUT2D eigenvalue weighted by Gasteiger charge is 2.37. The topological polar surface area (TPSA) is 69.7 Å². The van der Waals surface area contributed by atoms with Crippen molar-refractivity contribution in [1.82, 2.24) is 10.2 Å². The zero-order chi connectivity index (χ0) is 20.4. The number of carbonyl (C=O) groups excluding carboxylic acids is 3. The second-order valence-electron chi connectivity index (χ2n) is 7.70. The highest BCUT2D eigenvalue weighted by Crippen LogP contribution is 2.29. The van der Waals surface area contributed by atoms with Crippen molar-refractivity contribution in [2.24, 2.45) is 0 Å². The number of rotatable bonds is 6. The van der Waals surface area contributed by atoms with Crippen LogP contribution in [0.2, 0.25) is 0 Å². The van der Waals surface area contributed by atoms with Gasteiger partial charge in [0.1, 0.15) is 0 Å². The zero-order valence-electron chi connectivity index (χ0n) is 16.6. The Kier molecular flexibility index (Phi) is 5.45. The third-order valence-electron chi connectivity index (χ3n) is 5.54. The summed E-state index contributed by atoms with van der Waals surface area (Å²) in [6.07, 6.45) is 3.41. The zero-order valence-corrected chi connectivity index (χ0v) is 16.6. The van der Waals surface area contributed by atoms with E-state index in [0.717, 1.165) is 31.6 Å². The normalized spacial score (nSPS) is 16.4. The molecule has 2 aromatic carbocycles. The number of aryl methyl sites for hydroxylation is 1. The Labute approximate surface area is 170 Å². The van der Waals surface area contributed by atoms with E-state index in [1.54, 1.807) is 24.3 Å². The molecule has 2 heterocycles. The number of likely N-dealkylation sites (tertiary alicyclic amines) is 1. The summed E-state index contributed by atoms with van der Waals surface area (Å²) in [5, 5.41) is 2.92. The SMILES string of the molecule is Cc1cccc(N2C(=O)c3ccc(C(=O)NCCCN4CCCC4)cc3C2=O)c1. The summed E-state index contributed by atoms with van der Waals surface area (Å²) in [7, 11) is 0. The highest BCUT2D eigenvalue weighted by atomic mass is 16.2. The van der Waals surface area contributed by atoms with Crippen LogP contribution in [-0.4, -0.2) is 48.8 Å². The number of amides is 3. The van der Waals surface area contributed by atoms with Crippen LogP contribution >= 0.6 is 0 Å². The van der Waals surface area contributed by atoms with Crippen LogP contribution in [0.4, 0.5) is 5.69 Å². The number of hydrogen-bond acceptors (Lipinski definition) is 4. The maximum absolute atomic E-state index is 12.9. The quantitative estimate of drug-likeness (QED) is 0.607. The Hall–Kier alpha value is -2.99. The van der Waals surface area contributed by atoms with Crippen molar-refractivity contribution in [2.75, 3.05) is 31.1 Å². The molecule has 4 rings (SSSR count). The van der Waals surface area contributed by atoms with Crippen LogP contribution in [-0.2, 0) is 0 Å². The summed E-state index contributed by atoms with van der Waals surface area (Å²) in [5.41, 5.74) is 2.53. The van der Waals surface area contributed by atoms with Crippen molar-refractivity contribution in [3.63, 3.8) is 0 Å². The van der Waals surface area contributed by atoms with E-state index in [1.807, 2.05) is 19.1 Å². The van der Waals surface area contributed by atoms with Crippen molar-refractivity contribution in [3.05, 3.63) is 64.7 Å². The predicted molar refractivity (Wildman–Crippen MR) is 111 cm³/mol. The summed E-state index contributed by atoms with van der Waals surface area (Å²) < 4.78 is 0. The molecule has 0 bridgehead atoms. The molecule has 0 unspecified atom stereocenters. The van der Waals surface area contributed by atoms with Gasteiger partial charge in [0.25, 0.3) is 17.7 Å². The number of nitrogens with one attached hydrogen (secondary N) is 1. The van der Waals surface area contributed by atoms with Gasteiger partial charge in [-0.3, -0.25) is 14.4 Å². The van der Waals surface area contributed by atoms with Gasteiger partial charge in [0.05, 0.1) is 16.8 Å². The monoisotopic (exact) mass is 391 g/mol. The minimum absolute atomic E-state index is 0.219. The average molecular weight is 391 g/mol. The van der Waals surface area contributed by atoms with E-state index < -0.39 is 0 Å². The second-order valence-corrected chi connectivity index (χ2v) is 7.70. The van der Waals surface area contributed by atoms with Gasteiger partial charge in [-0.05, 0) is 81.7 Å². The van der Waals surface area contributed by atoms with E-state index >= 15 is 0 Å². The van der Waals surface area contributed by atoms with Gasteiger partial charge in [-0.25, -0.2) is 4.90 Å². The molecule has 0 atom stereocenters. The Bertz CT molecular complexity index is 964. The molecular formula is C23H25N3O3. The molecule has 6 nitrogen and oxygen atoms in total. The van der Waals surface area contributed by atoms with E-state index in [0.29, 0.717) is 23.4 Å². The van der Waals surface area contributed by atoms with Gasteiger partial charge in [0, 0.05) is 12.1 Å². The van der Waals surface area contributed by atoms with Gasteiger partial charge < -0.3 is 10.2 Å². The summed E-state index contributed by atoms with van der Waals surface area (Å²) in [6, 6.07) is 12.0. The number of fused-ring (bicyclic) bond motifs is 1. The van der Waals surface area contributed by atoms with E-state index in [2.05, 4.69) is 10.2 Å². The maximum atomic E-state index is 12.9. The fourth-order valence-electron chi connectivity index (χ4n) is 4.00. The molecule has 2 aromatic rings. The van der Waals surface area contributed by atoms with Crippen LogP contribution in [0.3, 0.4) is 0 Å². The molecule has 0 spiro atoms. The molecule has 0 radical (unpaired) electrons. The number of hydrogen-bond donors (Lipinski definition) is 1. The van der Waals surface area contributed by atoms with Crippen molar-refractivity contribution in [2.45, 2.75) is 26.2 Å². The van der Waals surface area contributed by atoms with Gasteiger partial charge in [0.15, 0.2) is 0 Å². The fraction of sp³-hybridized carbons (Fsp3) is 0.348. The lowest BCUT2D eigenvalue weighted by Crippen LogP contribution is -2.29. The van der Waals surface area contributed by atoms with E-state index in [4.69, 9.17) is 0 Å². The lowest BCUT2D eigenvalue weighted by Gasteiger charge is -2.14. The van der Waals surface area contributed by atoms with Gasteiger partial charge in [-0.15, -0.1) is 0 Å². The van der Waals surface area contributed by atoms with E-state index in [9.17, 15) is 14.4 Å². The van der Waals surface area contributed by atoms with Gasteiger partial charge in [-0.2, -0.15) is 0 Å². The molecule has 2 aliphatic rings. The molecule has 0 aliphatic carbocycles. The molecular weight excluding hydrogens is 366 g/mol. The Morgan fingerprint density at radius 1 is 1.00 bits per heavy atom. The Morgan fingerprint density at radius 2 is 1.76 bits per heavy atom. The van der Waals surface area contributed by atoms with Gasteiger partial charge >= 0.3 is 0 Å². The van der Waals surface area contributed by atoms with E-state index in [-0.39, 0.29) is 23.3 Å². The first-order valence-corrected chi connectivity index (χ1v) is 10.1. The fourth-order valence-corrected chi connectivity index (χ4v) is 4.00. The second kappa shape index (κ2) is 8.17. The van der Waals surface area contributed by atoms with Crippen LogP contribution < -0.4 is 10.2 Å². The van der Waals surface area contributed by atoms with Gasteiger partial charge in [0.2, 0.25) is 0 Å². The van der Waals surface area contributed by atoms with Crippen molar-refractivity contribution in [1.29, 1.82) is 0 Å². The van der Waals surface area contributed by atoms with Crippen molar-refractivity contribution >= 4 is 23.4 Å². The van der Waals surface area contributed by atoms with Crippen LogP contribution in [0.1, 0.15) is 55.9 Å². The standard InChI is InChI=1S/C23H25N3O3/c1-16-6-4-7-18(14-16)26-22(28)19-9-8-17(15-20(19)23(26)29)21(27)24-10-5-13-25-11-2-3-12-25/h4,6-9,14-15H,2-3,5,10-13H2,1H3,(H,24,27). The lowest BCUT2D eigenvalue weighted by atomic mass is 10.1. The molecule has 29 heavy (non-hydrogen) atoms. The minimum Gasteiger partial charge on any atom is -0.352 e. The Morgan fingerprint density at radius 3 is 2.52 bits per heavy atom. The number of anilines is 1. The molecule has 1 N–H and O–H groups in total. The number of nitrogens with zero attached hydrogens (tertiary/aromatic N) is 2. The van der Waals surface area contributed by atoms with Crippen LogP contribution in [0.25, 0.3) is 0 Å².